The lowest BCUT2D eigenvalue weighted by atomic mass is 9.97. The van der Waals surface area contributed by atoms with Gasteiger partial charge in [0.2, 0.25) is 0 Å². The molecule has 0 bridgehead atoms. The van der Waals surface area contributed by atoms with Crippen LogP contribution in [0.5, 0.6) is 11.5 Å². The van der Waals surface area contributed by atoms with Gasteiger partial charge < -0.3 is 14.4 Å². The number of nitrogens with zero attached hydrogens (tertiary/aromatic N) is 1. The molecule has 0 atom stereocenters. The van der Waals surface area contributed by atoms with Gasteiger partial charge in [0, 0.05) is 18.7 Å². The Labute approximate surface area is 130 Å². The van der Waals surface area contributed by atoms with E-state index in [1.165, 1.54) is 0 Å². The minimum Gasteiger partial charge on any atom is -0.493 e. The van der Waals surface area contributed by atoms with Crippen molar-refractivity contribution in [2.24, 2.45) is 0 Å². The Bertz CT molecular complexity index is 682. The molecule has 0 spiro atoms. The topological polar surface area (TPSA) is 38.8 Å². The smallest absolute Gasteiger partial charge is 0.254 e. The number of fused-ring (bicyclic) bond motifs is 1. The van der Waals surface area contributed by atoms with Crippen molar-refractivity contribution < 1.29 is 14.3 Å². The second-order valence-electron chi connectivity index (χ2n) is 5.33. The van der Waals surface area contributed by atoms with Gasteiger partial charge in [-0.25, -0.2) is 0 Å². The Balaban J connectivity index is 1.88. The fourth-order valence-electron chi connectivity index (χ4n) is 2.81. The molecular weight excluding hydrogens is 278 g/mol. The lowest BCUT2D eigenvalue weighted by molar-refractivity contribution is 0.0726. The minimum absolute atomic E-state index is 0.0473. The van der Waals surface area contributed by atoms with Crippen LogP contribution in [0, 0.1) is 0 Å². The van der Waals surface area contributed by atoms with E-state index < -0.39 is 0 Å². The highest BCUT2D eigenvalue weighted by atomic mass is 16.5. The number of methoxy groups -OCH3 is 2. The fourth-order valence-corrected chi connectivity index (χ4v) is 2.81. The lowest BCUT2D eigenvalue weighted by Gasteiger charge is -2.29. The molecular formula is C18H19NO3. The average Bonchev–Trinajstić information content (AvgIpc) is 2.57. The van der Waals surface area contributed by atoms with E-state index >= 15 is 0 Å². The molecule has 0 fully saturated rings. The van der Waals surface area contributed by atoms with Crippen molar-refractivity contribution in [1.29, 1.82) is 0 Å². The predicted octanol–water partition coefficient (Wildman–Crippen LogP) is 2.90. The van der Waals surface area contributed by atoms with Crippen LogP contribution in [-0.4, -0.2) is 31.6 Å². The van der Waals surface area contributed by atoms with Gasteiger partial charge in [-0.2, -0.15) is 0 Å². The second kappa shape index (κ2) is 6.10. The largest absolute Gasteiger partial charge is 0.493 e. The van der Waals surface area contributed by atoms with Crippen LogP contribution >= 0.6 is 0 Å². The summed E-state index contributed by atoms with van der Waals surface area (Å²) in [6, 6.07) is 13.7. The second-order valence-corrected chi connectivity index (χ2v) is 5.33. The van der Waals surface area contributed by atoms with E-state index in [0.29, 0.717) is 23.6 Å². The minimum atomic E-state index is 0.0473. The molecule has 4 heteroatoms. The molecule has 0 radical (unpaired) electrons. The molecule has 0 saturated heterocycles. The van der Waals surface area contributed by atoms with Gasteiger partial charge in [-0.05, 0) is 29.7 Å². The number of carbonyl (C=O) groups excluding carboxylic acids is 1. The summed E-state index contributed by atoms with van der Waals surface area (Å²) in [5.41, 5.74) is 2.87. The Kier molecular flexibility index (Phi) is 4.00. The first kappa shape index (κ1) is 14.4. The number of hydrogen-bond acceptors (Lipinski definition) is 3. The molecule has 0 aliphatic carbocycles. The molecule has 2 aromatic carbocycles. The Morgan fingerprint density at radius 1 is 1.05 bits per heavy atom. The molecule has 1 heterocycles. The summed E-state index contributed by atoms with van der Waals surface area (Å²) in [7, 11) is 3.19. The average molecular weight is 297 g/mol. The van der Waals surface area contributed by atoms with Crippen molar-refractivity contribution in [2.75, 3.05) is 20.8 Å². The van der Waals surface area contributed by atoms with E-state index in [9.17, 15) is 4.79 Å². The van der Waals surface area contributed by atoms with E-state index in [4.69, 9.17) is 9.47 Å². The SMILES string of the molecule is COc1cc2c(cc1OC)C(=O)N(Cc1ccccc1)CC2. The van der Waals surface area contributed by atoms with Gasteiger partial charge in [0.05, 0.1) is 14.2 Å². The van der Waals surface area contributed by atoms with E-state index in [0.717, 1.165) is 24.1 Å². The zero-order valence-electron chi connectivity index (χ0n) is 12.8. The maximum Gasteiger partial charge on any atom is 0.254 e. The molecule has 3 rings (SSSR count). The number of hydrogen-bond donors (Lipinski definition) is 0. The van der Waals surface area contributed by atoms with Crippen molar-refractivity contribution in [3.63, 3.8) is 0 Å². The number of rotatable bonds is 4. The first-order valence-electron chi connectivity index (χ1n) is 7.31. The molecule has 1 amide bonds. The molecule has 4 nitrogen and oxygen atoms in total. The van der Waals surface area contributed by atoms with Crippen LogP contribution < -0.4 is 9.47 Å². The van der Waals surface area contributed by atoms with Crippen LogP contribution in [0.25, 0.3) is 0 Å². The summed E-state index contributed by atoms with van der Waals surface area (Å²) in [6.07, 6.45) is 0.828. The third-order valence-electron chi connectivity index (χ3n) is 3.99. The van der Waals surface area contributed by atoms with Crippen LogP contribution in [0.2, 0.25) is 0 Å². The highest BCUT2D eigenvalue weighted by molar-refractivity contribution is 5.97. The van der Waals surface area contributed by atoms with Gasteiger partial charge in [-0.1, -0.05) is 30.3 Å². The molecule has 0 unspecified atom stereocenters. The van der Waals surface area contributed by atoms with Crippen molar-refractivity contribution in [3.05, 3.63) is 59.2 Å². The molecule has 0 N–H and O–H groups in total. The fraction of sp³-hybridized carbons (Fsp3) is 0.278. The highest BCUT2D eigenvalue weighted by Gasteiger charge is 2.26. The van der Waals surface area contributed by atoms with Gasteiger partial charge in [-0.15, -0.1) is 0 Å². The number of amides is 1. The highest BCUT2D eigenvalue weighted by Crippen LogP contribution is 2.33. The summed E-state index contributed by atoms with van der Waals surface area (Å²) < 4.78 is 10.6. The Morgan fingerprint density at radius 3 is 2.41 bits per heavy atom. The van der Waals surface area contributed by atoms with E-state index in [-0.39, 0.29) is 5.91 Å². The zero-order valence-corrected chi connectivity index (χ0v) is 12.8. The van der Waals surface area contributed by atoms with E-state index in [1.54, 1.807) is 20.3 Å². The normalized spacial score (nSPS) is 13.7. The van der Waals surface area contributed by atoms with Gasteiger partial charge in [0.15, 0.2) is 11.5 Å². The van der Waals surface area contributed by atoms with Crippen LogP contribution in [0.4, 0.5) is 0 Å². The standard InChI is InChI=1S/C18H19NO3/c1-21-16-10-14-8-9-19(12-13-6-4-3-5-7-13)18(20)15(14)11-17(16)22-2/h3-7,10-11H,8-9,12H2,1-2H3. The van der Waals surface area contributed by atoms with Crippen LogP contribution in [0.3, 0.4) is 0 Å². The van der Waals surface area contributed by atoms with Gasteiger partial charge in [0.1, 0.15) is 0 Å². The molecule has 1 aliphatic heterocycles. The van der Waals surface area contributed by atoms with Gasteiger partial charge in [0.25, 0.3) is 5.91 Å². The first-order chi connectivity index (χ1) is 10.7. The van der Waals surface area contributed by atoms with Crippen LogP contribution in [-0.2, 0) is 13.0 Å². The summed E-state index contributed by atoms with van der Waals surface area (Å²) >= 11 is 0. The summed E-state index contributed by atoms with van der Waals surface area (Å²) in [6.45, 7) is 1.35. The van der Waals surface area contributed by atoms with Crippen molar-refractivity contribution >= 4 is 5.91 Å². The predicted molar refractivity (Wildman–Crippen MR) is 84.4 cm³/mol. The third-order valence-corrected chi connectivity index (χ3v) is 3.99. The van der Waals surface area contributed by atoms with Crippen LogP contribution in [0.1, 0.15) is 21.5 Å². The van der Waals surface area contributed by atoms with Gasteiger partial charge >= 0.3 is 0 Å². The Hall–Kier alpha value is -2.49. The molecule has 22 heavy (non-hydrogen) atoms. The number of benzene rings is 2. The first-order valence-corrected chi connectivity index (χ1v) is 7.31. The van der Waals surface area contributed by atoms with Crippen LogP contribution in [0.15, 0.2) is 42.5 Å². The number of carbonyl (C=O) groups is 1. The third kappa shape index (κ3) is 2.64. The molecule has 2 aromatic rings. The van der Waals surface area contributed by atoms with Crippen molar-refractivity contribution in [1.82, 2.24) is 4.90 Å². The van der Waals surface area contributed by atoms with Crippen molar-refractivity contribution in [3.8, 4) is 11.5 Å². The zero-order chi connectivity index (χ0) is 15.5. The molecule has 114 valence electrons. The monoisotopic (exact) mass is 297 g/mol. The van der Waals surface area contributed by atoms with E-state index in [2.05, 4.69) is 0 Å². The van der Waals surface area contributed by atoms with Crippen molar-refractivity contribution in [2.45, 2.75) is 13.0 Å². The number of ether oxygens (including phenoxy) is 2. The summed E-state index contributed by atoms with van der Waals surface area (Å²) in [4.78, 5) is 14.6. The summed E-state index contributed by atoms with van der Waals surface area (Å²) in [5, 5.41) is 0. The van der Waals surface area contributed by atoms with Gasteiger partial charge in [-0.3, -0.25) is 4.79 Å². The molecule has 0 aromatic heterocycles. The van der Waals surface area contributed by atoms with E-state index in [1.807, 2.05) is 41.3 Å². The maximum absolute atomic E-state index is 12.7. The summed E-state index contributed by atoms with van der Waals surface area (Å²) in [5.74, 6) is 1.31. The lowest BCUT2D eigenvalue weighted by Crippen LogP contribution is -2.37. The quantitative estimate of drug-likeness (QED) is 0.871. The molecule has 0 saturated carbocycles. The Morgan fingerprint density at radius 2 is 1.73 bits per heavy atom. The maximum atomic E-state index is 12.7. The molecule has 1 aliphatic rings.